The Morgan fingerprint density at radius 3 is 2.14 bits per heavy atom. The Balaban J connectivity index is 1.46. The highest BCUT2D eigenvalue weighted by atomic mass is 16.2. The minimum absolute atomic E-state index is 0.0439. The van der Waals surface area contributed by atoms with E-state index in [-0.39, 0.29) is 29.6 Å². The van der Waals surface area contributed by atoms with Crippen LogP contribution in [0.5, 0.6) is 0 Å². The van der Waals surface area contributed by atoms with Crippen LogP contribution < -0.4 is 0 Å². The summed E-state index contributed by atoms with van der Waals surface area (Å²) in [5.41, 5.74) is 0.999. The number of rotatable bonds is 4. The summed E-state index contributed by atoms with van der Waals surface area (Å²) in [6, 6.07) is 9.10. The van der Waals surface area contributed by atoms with Crippen LogP contribution in [0.4, 0.5) is 0 Å². The van der Waals surface area contributed by atoms with Gasteiger partial charge in [-0.15, -0.1) is 0 Å². The molecule has 28 heavy (non-hydrogen) atoms. The summed E-state index contributed by atoms with van der Waals surface area (Å²) in [5.74, 6) is 0.162. The van der Waals surface area contributed by atoms with E-state index in [9.17, 15) is 14.4 Å². The van der Waals surface area contributed by atoms with E-state index in [0.29, 0.717) is 18.3 Å². The summed E-state index contributed by atoms with van der Waals surface area (Å²) in [6.07, 6.45) is 6.70. The van der Waals surface area contributed by atoms with Crippen molar-refractivity contribution in [2.24, 2.45) is 23.7 Å². The van der Waals surface area contributed by atoms with Crippen molar-refractivity contribution >= 4 is 17.7 Å². The largest absolute Gasteiger partial charge is 0.341 e. The first kappa shape index (κ1) is 17.9. The lowest BCUT2D eigenvalue weighted by molar-refractivity contribution is -0.152. The number of amides is 3. The normalized spacial score (nSPS) is 32.7. The molecule has 2 aliphatic carbocycles. The Morgan fingerprint density at radius 1 is 0.929 bits per heavy atom. The van der Waals surface area contributed by atoms with Gasteiger partial charge in [0.05, 0.1) is 11.8 Å². The highest BCUT2D eigenvalue weighted by Gasteiger charge is 2.62. The summed E-state index contributed by atoms with van der Waals surface area (Å²) < 4.78 is 0. The van der Waals surface area contributed by atoms with E-state index < -0.39 is 6.04 Å². The predicted octanol–water partition coefficient (Wildman–Crippen LogP) is 2.64. The number of benzene rings is 1. The molecule has 4 aliphatic rings. The van der Waals surface area contributed by atoms with Crippen LogP contribution >= 0.6 is 0 Å². The van der Waals surface area contributed by atoms with Crippen molar-refractivity contribution in [3.05, 3.63) is 35.9 Å². The second kappa shape index (κ2) is 7.02. The molecule has 5 rings (SSSR count). The van der Waals surface area contributed by atoms with Crippen molar-refractivity contribution in [3.63, 3.8) is 0 Å². The molecule has 1 aromatic rings. The molecule has 0 spiro atoms. The molecule has 5 nitrogen and oxygen atoms in total. The van der Waals surface area contributed by atoms with E-state index in [1.54, 1.807) is 0 Å². The zero-order valence-electron chi connectivity index (χ0n) is 16.3. The van der Waals surface area contributed by atoms with Gasteiger partial charge in [0, 0.05) is 19.5 Å². The van der Waals surface area contributed by atoms with Crippen molar-refractivity contribution in [2.75, 3.05) is 13.1 Å². The predicted molar refractivity (Wildman–Crippen MR) is 104 cm³/mol. The van der Waals surface area contributed by atoms with Crippen LogP contribution in [-0.4, -0.2) is 46.7 Å². The Bertz CT molecular complexity index is 758. The number of piperidine rings is 1. The molecule has 0 radical (unpaired) electrons. The summed E-state index contributed by atoms with van der Waals surface area (Å²) in [6.45, 7) is 1.47. The summed E-state index contributed by atoms with van der Waals surface area (Å²) in [7, 11) is 0. The Labute approximate surface area is 166 Å². The molecule has 2 heterocycles. The Hall–Kier alpha value is -2.17. The van der Waals surface area contributed by atoms with Crippen LogP contribution in [0.25, 0.3) is 0 Å². The average molecular weight is 380 g/mol. The van der Waals surface area contributed by atoms with Gasteiger partial charge < -0.3 is 4.90 Å². The van der Waals surface area contributed by atoms with Gasteiger partial charge in [0.25, 0.3) is 0 Å². The average Bonchev–Trinajstić information content (AvgIpc) is 3.41. The number of hydrogen-bond donors (Lipinski definition) is 0. The van der Waals surface area contributed by atoms with Gasteiger partial charge >= 0.3 is 0 Å². The summed E-state index contributed by atoms with van der Waals surface area (Å²) in [5, 5.41) is 0. The lowest BCUT2D eigenvalue weighted by atomic mass is 9.81. The van der Waals surface area contributed by atoms with Crippen molar-refractivity contribution in [1.29, 1.82) is 0 Å². The standard InChI is InChI=1S/C23H28N2O3/c26-21(24-11-5-2-6-12-24)18(13-15-7-3-1-4-8-15)25-22(27)19-16-9-10-17(14-16)20(19)23(25)28/h1,3-4,7-8,16-20H,2,5-6,9-14H2/t16-,17-,18-,19-,20+/m0/s1. The fourth-order valence-electron chi connectivity index (χ4n) is 6.19. The van der Waals surface area contributed by atoms with E-state index in [0.717, 1.165) is 57.2 Å². The van der Waals surface area contributed by atoms with Crippen molar-refractivity contribution in [1.82, 2.24) is 9.80 Å². The van der Waals surface area contributed by atoms with Crippen LogP contribution in [0.3, 0.4) is 0 Å². The van der Waals surface area contributed by atoms with Gasteiger partial charge in [-0.1, -0.05) is 30.3 Å². The van der Waals surface area contributed by atoms with Gasteiger partial charge in [0.1, 0.15) is 6.04 Å². The van der Waals surface area contributed by atoms with E-state index in [4.69, 9.17) is 0 Å². The van der Waals surface area contributed by atoms with Crippen LogP contribution in [0.2, 0.25) is 0 Å². The molecular weight excluding hydrogens is 352 g/mol. The Morgan fingerprint density at radius 2 is 1.54 bits per heavy atom. The monoisotopic (exact) mass is 380 g/mol. The maximum Gasteiger partial charge on any atom is 0.246 e. The first-order chi connectivity index (χ1) is 13.6. The van der Waals surface area contributed by atoms with Gasteiger partial charge in [-0.2, -0.15) is 0 Å². The Kier molecular flexibility index (Phi) is 4.48. The molecule has 0 unspecified atom stereocenters. The minimum atomic E-state index is -0.689. The van der Waals surface area contributed by atoms with Crippen LogP contribution in [0, 0.1) is 23.7 Å². The number of likely N-dealkylation sites (tertiary alicyclic amines) is 2. The number of hydrogen-bond acceptors (Lipinski definition) is 3. The topological polar surface area (TPSA) is 57.7 Å². The van der Waals surface area contributed by atoms with Gasteiger partial charge in [0.15, 0.2) is 0 Å². The van der Waals surface area contributed by atoms with Crippen molar-refractivity contribution in [2.45, 2.75) is 51.0 Å². The third-order valence-corrected chi connectivity index (χ3v) is 7.50. The quantitative estimate of drug-likeness (QED) is 0.755. The summed E-state index contributed by atoms with van der Waals surface area (Å²) >= 11 is 0. The van der Waals surface area contributed by atoms with Crippen molar-refractivity contribution < 1.29 is 14.4 Å². The lowest BCUT2D eigenvalue weighted by Gasteiger charge is -2.34. The molecular formula is C23H28N2O3. The molecule has 5 heteroatoms. The smallest absolute Gasteiger partial charge is 0.246 e. The molecule has 0 N–H and O–H groups in total. The number of imide groups is 1. The molecule has 0 aromatic heterocycles. The number of carbonyl (C=O) groups is 3. The van der Waals surface area contributed by atoms with Crippen LogP contribution in [-0.2, 0) is 20.8 Å². The zero-order valence-corrected chi connectivity index (χ0v) is 16.3. The fourth-order valence-corrected chi connectivity index (χ4v) is 6.19. The minimum Gasteiger partial charge on any atom is -0.341 e. The van der Waals surface area contributed by atoms with Gasteiger partial charge in [-0.05, 0) is 55.9 Å². The molecule has 5 atom stereocenters. The molecule has 2 saturated heterocycles. The van der Waals surface area contributed by atoms with Crippen molar-refractivity contribution in [3.8, 4) is 0 Å². The second-order valence-electron chi connectivity index (χ2n) is 9.02. The van der Waals surface area contributed by atoms with Gasteiger partial charge in [0.2, 0.25) is 17.7 Å². The van der Waals surface area contributed by atoms with Gasteiger partial charge in [-0.3, -0.25) is 19.3 Å². The van der Waals surface area contributed by atoms with E-state index in [2.05, 4.69) is 0 Å². The highest BCUT2D eigenvalue weighted by molar-refractivity contribution is 6.09. The molecule has 3 amide bonds. The third kappa shape index (κ3) is 2.78. The maximum atomic E-state index is 13.5. The van der Waals surface area contributed by atoms with Crippen LogP contribution in [0.15, 0.2) is 30.3 Å². The summed E-state index contributed by atoms with van der Waals surface area (Å²) in [4.78, 5) is 43.4. The first-order valence-corrected chi connectivity index (χ1v) is 10.8. The van der Waals surface area contributed by atoms with E-state index in [1.807, 2.05) is 35.2 Å². The third-order valence-electron chi connectivity index (χ3n) is 7.50. The number of nitrogens with zero attached hydrogens (tertiary/aromatic N) is 2. The molecule has 2 aliphatic heterocycles. The lowest BCUT2D eigenvalue weighted by Crippen LogP contribution is -2.53. The SMILES string of the molecule is O=C([C@H](Cc1ccccc1)N1C(=O)[C@@H]2[C@H]3CC[C@@H](C3)[C@@H]2C1=O)N1CCCCC1. The molecule has 148 valence electrons. The number of fused-ring (bicyclic) bond motifs is 5. The number of carbonyl (C=O) groups excluding carboxylic acids is 3. The first-order valence-electron chi connectivity index (χ1n) is 10.8. The molecule has 2 bridgehead atoms. The highest BCUT2D eigenvalue weighted by Crippen LogP contribution is 2.56. The zero-order chi connectivity index (χ0) is 19.3. The van der Waals surface area contributed by atoms with Crippen LogP contribution in [0.1, 0.15) is 44.1 Å². The van der Waals surface area contributed by atoms with Gasteiger partial charge in [-0.25, -0.2) is 0 Å². The second-order valence-corrected chi connectivity index (χ2v) is 9.02. The fraction of sp³-hybridized carbons (Fsp3) is 0.609. The maximum absolute atomic E-state index is 13.5. The molecule has 4 fully saturated rings. The van der Waals surface area contributed by atoms with E-state index >= 15 is 0 Å². The molecule has 1 aromatic carbocycles. The molecule has 2 saturated carbocycles. The van der Waals surface area contributed by atoms with E-state index in [1.165, 1.54) is 4.90 Å².